The van der Waals surface area contributed by atoms with Crippen molar-refractivity contribution in [2.75, 3.05) is 44.6 Å². The number of halogens is 1. The zero-order chi connectivity index (χ0) is 19.1. The smallest absolute Gasteiger partial charge is 0.244 e. The summed E-state index contributed by atoms with van der Waals surface area (Å²) in [6, 6.07) is 0. The second-order valence-electron chi connectivity index (χ2n) is 6.36. The molecule has 1 amide bonds. The van der Waals surface area contributed by atoms with Gasteiger partial charge in [-0.2, -0.15) is 5.10 Å². The number of carbonyl (C=O) groups is 1. The van der Waals surface area contributed by atoms with Crippen LogP contribution in [0.4, 0.5) is 5.82 Å². The lowest BCUT2D eigenvalue weighted by Crippen LogP contribution is -2.40. The molecule has 0 aliphatic carbocycles. The van der Waals surface area contributed by atoms with E-state index in [1.807, 2.05) is 18.9 Å². The zero-order valence-corrected chi connectivity index (χ0v) is 18.6. The highest BCUT2D eigenvalue weighted by Gasteiger charge is 2.17. The number of hydrogen-bond donors (Lipinski definition) is 3. The minimum absolute atomic E-state index is 0. The molecule has 0 atom stereocenters. The van der Waals surface area contributed by atoms with E-state index in [1.165, 1.54) is 6.33 Å². The van der Waals surface area contributed by atoms with Gasteiger partial charge in [-0.3, -0.25) is 9.48 Å². The summed E-state index contributed by atoms with van der Waals surface area (Å²) in [7, 11) is 1.85. The average molecular weight is 501 g/mol. The van der Waals surface area contributed by atoms with Crippen LogP contribution in [0, 0.1) is 0 Å². The first-order valence-electron chi connectivity index (χ1n) is 9.35. The molecule has 1 aliphatic heterocycles. The average Bonchev–Trinajstić information content (AvgIpc) is 3.34. The normalized spacial score (nSPS) is 14.1. The number of aromatic nitrogens is 4. The van der Waals surface area contributed by atoms with Gasteiger partial charge in [0.25, 0.3) is 0 Å². The minimum atomic E-state index is 0. The zero-order valence-electron chi connectivity index (χ0n) is 16.3. The molecule has 2 aromatic rings. The highest BCUT2D eigenvalue weighted by atomic mass is 127. The Morgan fingerprint density at radius 3 is 2.75 bits per heavy atom. The van der Waals surface area contributed by atoms with E-state index in [0.717, 1.165) is 49.3 Å². The van der Waals surface area contributed by atoms with Gasteiger partial charge in [-0.1, -0.05) is 0 Å². The summed E-state index contributed by atoms with van der Waals surface area (Å²) in [6.07, 6.45) is 5.45. The van der Waals surface area contributed by atoms with Gasteiger partial charge in [0.15, 0.2) is 11.6 Å². The lowest BCUT2D eigenvalue weighted by Gasteiger charge is -2.15. The topological polar surface area (TPSA) is 112 Å². The van der Waals surface area contributed by atoms with Crippen LogP contribution in [0.2, 0.25) is 0 Å². The maximum Gasteiger partial charge on any atom is 0.244 e. The first-order chi connectivity index (χ1) is 13.2. The molecule has 0 radical (unpaired) electrons. The molecule has 0 saturated carbocycles. The van der Waals surface area contributed by atoms with Crippen LogP contribution in [0.3, 0.4) is 0 Å². The van der Waals surface area contributed by atoms with E-state index in [4.69, 9.17) is 0 Å². The molecule has 3 rings (SSSR count). The lowest BCUT2D eigenvalue weighted by molar-refractivity contribution is -0.128. The monoisotopic (exact) mass is 501 g/mol. The summed E-state index contributed by atoms with van der Waals surface area (Å²) < 4.78 is 1.72. The molecule has 0 aromatic carbocycles. The third-order valence-corrected chi connectivity index (χ3v) is 4.41. The molecular weight excluding hydrogens is 473 g/mol. The fourth-order valence-electron chi connectivity index (χ4n) is 3.02. The Morgan fingerprint density at radius 2 is 2.00 bits per heavy atom. The van der Waals surface area contributed by atoms with E-state index < -0.39 is 0 Å². The third-order valence-electron chi connectivity index (χ3n) is 4.41. The largest absolute Gasteiger partial charge is 0.368 e. The molecule has 0 spiro atoms. The Labute approximate surface area is 181 Å². The van der Waals surface area contributed by atoms with Crippen LogP contribution in [0.15, 0.2) is 17.5 Å². The number of nitrogens with one attached hydrogen (secondary N) is 3. The molecule has 0 unspecified atom stereocenters. The Hall–Kier alpha value is -2.18. The van der Waals surface area contributed by atoms with E-state index in [2.05, 4.69) is 36.0 Å². The van der Waals surface area contributed by atoms with Gasteiger partial charge in [-0.15, -0.1) is 24.0 Å². The number of aliphatic imine (C=N–C) groups is 1. The van der Waals surface area contributed by atoms with Crippen LogP contribution < -0.4 is 16.0 Å². The highest BCUT2D eigenvalue weighted by Crippen LogP contribution is 2.17. The molecule has 3 N–H and O–H groups in total. The standard InChI is InChI=1S/C17H27N9O.HI/c1-3-18-17(21-11-14(27)26-8-4-5-9-26)20-7-6-19-15-13-10-24-25(2)16(13)23-12-22-15;/h10,12H,3-9,11H2,1-2H3,(H2,18,20,21)(H,19,22,23);1H. The molecule has 1 saturated heterocycles. The van der Waals surface area contributed by atoms with Gasteiger partial charge >= 0.3 is 0 Å². The number of carbonyl (C=O) groups excluding carboxylic acids is 1. The quantitative estimate of drug-likeness (QED) is 0.220. The second-order valence-corrected chi connectivity index (χ2v) is 6.36. The first-order valence-corrected chi connectivity index (χ1v) is 9.35. The van der Waals surface area contributed by atoms with Gasteiger partial charge in [0.1, 0.15) is 18.7 Å². The van der Waals surface area contributed by atoms with Crippen molar-refractivity contribution >= 4 is 52.7 Å². The molecule has 11 heteroatoms. The van der Waals surface area contributed by atoms with Crippen LogP contribution in [-0.4, -0.2) is 75.8 Å². The van der Waals surface area contributed by atoms with Gasteiger partial charge in [-0.05, 0) is 19.8 Å². The molecule has 10 nitrogen and oxygen atoms in total. The van der Waals surface area contributed by atoms with Crippen LogP contribution >= 0.6 is 24.0 Å². The summed E-state index contributed by atoms with van der Waals surface area (Å²) in [5.74, 6) is 1.48. The van der Waals surface area contributed by atoms with Crippen molar-refractivity contribution in [3.8, 4) is 0 Å². The summed E-state index contributed by atoms with van der Waals surface area (Å²) in [4.78, 5) is 26.9. The molecular formula is C17H28IN9O. The summed E-state index contributed by atoms with van der Waals surface area (Å²) in [6.45, 7) is 5.89. The molecule has 1 aliphatic rings. The van der Waals surface area contributed by atoms with Crippen LogP contribution in [0.5, 0.6) is 0 Å². The van der Waals surface area contributed by atoms with Crippen molar-refractivity contribution in [3.05, 3.63) is 12.5 Å². The lowest BCUT2D eigenvalue weighted by atomic mass is 10.4. The van der Waals surface area contributed by atoms with Crippen LogP contribution in [0.1, 0.15) is 19.8 Å². The maximum atomic E-state index is 12.1. The number of fused-ring (bicyclic) bond motifs is 1. The Kier molecular flexibility index (Phi) is 8.67. The number of anilines is 1. The fourth-order valence-corrected chi connectivity index (χ4v) is 3.02. The van der Waals surface area contributed by atoms with E-state index >= 15 is 0 Å². The molecule has 3 heterocycles. The molecule has 2 aromatic heterocycles. The summed E-state index contributed by atoms with van der Waals surface area (Å²) >= 11 is 0. The number of likely N-dealkylation sites (tertiary alicyclic amines) is 1. The second kappa shape index (κ2) is 11.0. The third kappa shape index (κ3) is 5.66. The highest BCUT2D eigenvalue weighted by molar-refractivity contribution is 14.0. The van der Waals surface area contributed by atoms with Crippen LogP contribution in [-0.2, 0) is 11.8 Å². The SMILES string of the molecule is CCNC(=NCC(=O)N1CCCC1)NCCNc1ncnc2c1cnn2C.I. The molecule has 1 fully saturated rings. The van der Waals surface area contributed by atoms with Crippen molar-refractivity contribution in [3.63, 3.8) is 0 Å². The van der Waals surface area contributed by atoms with Crippen LogP contribution in [0.25, 0.3) is 11.0 Å². The number of aryl methyl sites for hydroxylation is 1. The van der Waals surface area contributed by atoms with Crippen molar-refractivity contribution in [1.29, 1.82) is 0 Å². The summed E-state index contributed by atoms with van der Waals surface area (Å²) in [5, 5.41) is 14.8. The van der Waals surface area contributed by atoms with Gasteiger partial charge < -0.3 is 20.9 Å². The Bertz CT molecular complexity index is 801. The number of guanidine groups is 1. The molecule has 0 bridgehead atoms. The van der Waals surface area contributed by atoms with E-state index in [0.29, 0.717) is 19.0 Å². The Morgan fingerprint density at radius 1 is 1.21 bits per heavy atom. The van der Waals surface area contributed by atoms with Crippen molar-refractivity contribution in [2.45, 2.75) is 19.8 Å². The molecule has 28 heavy (non-hydrogen) atoms. The van der Waals surface area contributed by atoms with Crippen molar-refractivity contribution < 1.29 is 4.79 Å². The number of rotatable bonds is 7. The van der Waals surface area contributed by atoms with E-state index in [-0.39, 0.29) is 36.4 Å². The predicted octanol–water partition coefficient (Wildman–Crippen LogP) is 0.571. The number of hydrogen-bond acceptors (Lipinski definition) is 6. The van der Waals surface area contributed by atoms with Gasteiger partial charge in [0, 0.05) is 39.8 Å². The first kappa shape index (κ1) is 22.1. The summed E-state index contributed by atoms with van der Waals surface area (Å²) in [5.41, 5.74) is 0.788. The van der Waals surface area contributed by atoms with Crippen molar-refractivity contribution in [1.82, 2.24) is 35.3 Å². The van der Waals surface area contributed by atoms with Crippen molar-refractivity contribution in [2.24, 2.45) is 12.0 Å². The maximum absolute atomic E-state index is 12.1. The molecule has 154 valence electrons. The van der Waals surface area contributed by atoms with Gasteiger partial charge in [0.2, 0.25) is 5.91 Å². The fraction of sp³-hybridized carbons (Fsp3) is 0.588. The van der Waals surface area contributed by atoms with E-state index in [1.54, 1.807) is 10.9 Å². The number of nitrogens with zero attached hydrogens (tertiary/aromatic N) is 6. The Balaban J connectivity index is 0.00000280. The van der Waals surface area contributed by atoms with E-state index in [9.17, 15) is 4.79 Å². The van der Waals surface area contributed by atoms with Gasteiger partial charge in [0.05, 0.1) is 11.6 Å². The van der Waals surface area contributed by atoms with Gasteiger partial charge in [-0.25, -0.2) is 15.0 Å². The number of amides is 1. The minimum Gasteiger partial charge on any atom is -0.368 e. The predicted molar refractivity (Wildman–Crippen MR) is 120 cm³/mol.